The van der Waals surface area contributed by atoms with E-state index in [1.54, 1.807) is 0 Å². The summed E-state index contributed by atoms with van der Waals surface area (Å²) in [5, 5.41) is 6.38. The third kappa shape index (κ3) is 2.02. The maximum atomic E-state index is 11.0. The van der Waals surface area contributed by atoms with Gasteiger partial charge in [-0.1, -0.05) is 25.7 Å². The number of piperazine rings is 1. The van der Waals surface area contributed by atoms with Gasteiger partial charge in [-0.15, -0.1) is 0 Å². The van der Waals surface area contributed by atoms with Gasteiger partial charge in [0.05, 0.1) is 6.54 Å². The number of amides is 1. The topological polar surface area (TPSA) is 41.1 Å². The fourth-order valence-corrected chi connectivity index (χ4v) is 2.42. The number of nitrogens with one attached hydrogen (secondary N) is 2. The molecule has 2 N–H and O–H groups in total. The van der Waals surface area contributed by atoms with Crippen LogP contribution in [0.15, 0.2) is 0 Å². The first-order valence-corrected chi connectivity index (χ1v) is 5.33. The normalized spacial score (nSPS) is 28.2. The Hall–Kier alpha value is -0.570. The number of rotatable bonds is 0. The fraction of sp³-hybridized carbons (Fsp3) is 0.900. The Kier molecular flexibility index (Phi) is 2.54. The van der Waals surface area contributed by atoms with E-state index in [9.17, 15) is 4.79 Å². The predicted octanol–water partition coefficient (Wildman–Crippen LogP) is 0.799. The number of hydrogen-bond donors (Lipinski definition) is 2. The van der Waals surface area contributed by atoms with Crippen molar-refractivity contribution in [3.05, 3.63) is 0 Å². The van der Waals surface area contributed by atoms with Crippen LogP contribution in [0.1, 0.15) is 38.5 Å². The molecule has 0 aromatic rings. The van der Waals surface area contributed by atoms with E-state index in [2.05, 4.69) is 10.6 Å². The van der Waals surface area contributed by atoms with Crippen LogP contribution in [0.25, 0.3) is 0 Å². The molecule has 1 aliphatic carbocycles. The molecule has 0 radical (unpaired) electrons. The zero-order chi connectivity index (χ0) is 9.15. The van der Waals surface area contributed by atoms with Gasteiger partial charge in [0.1, 0.15) is 0 Å². The molecule has 2 aliphatic rings. The largest absolute Gasteiger partial charge is 0.353 e. The molecule has 3 heteroatoms. The summed E-state index contributed by atoms with van der Waals surface area (Å²) in [6, 6.07) is 0. The van der Waals surface area contributed by atoms with Gasteiger partial charge < -0.3 is 10.6 Å². The van der Waals surface area contributed by atoms with Crippen LogP contribution in [0.5, 0.6) is 0 Å². The summed E-state index contributed by atoms with van der Waals surface area (Å²) in [4.78, 5) is 11.0. The van der Waals surface area contributed by atoms with Crippen LogP contribution >= 0.6 is 0 Å². The van der Waals surface area contributed by atoms with Crippen LogP contribution in [0.4, 0.5) is 0 Å². The summed E-state index contributed by atoms with van der Waals surface area (Å²) in [5.41, 5.74) is 0.240. The Bertz CT molecular complexity index is 183. The lowest BCUT2D eigenvalue weighted by Gasteiger charge is -2.37. The molecular formula is C10H18N2O. The van der Waals surface area contributed by atoms with Crippen molar-refractivity contribution in [2.45, 2.75) is 44.1 Å². The highest BCUT2D eigenvalue weighted by atomic mass is 16.2. The van der Waals surface area contributed by atoms with Crippen molar-refractivity contribution in [1.29, 1.82) is 0 Å². The van der Waals surface area contributed by atoms with Crippen molar-refractivity contribution in [3.8, 4) is 0 Å². The molecule has 0 bridgehead atoms. The quantitative estimate of drug-likeness (QED) is 0.582. The van der Waals surface area contributed by atoms with Crippen molar-refractivity contribution < 1.29 is 4.79 Å². The maximum absolute atomic E-state index is 11.0. The first kappa shape index (κ1) is 9.00. The van der Waals surface area contributed by atoms with Gasteiger partial charge >= 0.3 is 0 Å². The highest BCUT2D eigenvalue weighted by molar-refractivity contribution is 5.79. The van der Waals surface area contributed by atoms with Crippen LogP contribution in [0.2, 0.25) is 0 Å². The van der Waals surface area contributed by atoms with E-state index in [0.29, 0.717) is 6.54 Å². The average Bonchev–Trinajstić information content (AvgIpc) is 2.37. The molecule has 1 saturated carbocycles. The van der Waals surface area contributed by atoms with Crippen molar-refractivity contribution in [2.75, 3.05) is 13.1 Å². The van der Waals surface area contributed by atoms with E-state index in [1.165, 1.54) is 38.5 Å². The molecule has 1 aliphatic heterocycles. The Morgan fingerprint density at radius 2 is 1.77 bits per heavy atom. The maximum Gasteiger partial charge on any atom is 0.234 e. The summed E-state index contributed by atoms with van der Waals surface area (Å²) >= 11 is 0. The second-order valence-corrected chi connectivity index (χ2v) is 4.32. The molecule has 74 valence electrons. The van der Waals surface area contributed by atoms with Crippen molar-refractivity contribution in [1.82, 2.24) is 10.6 Å². The van der Waals surface area contributed by atoms with E-state index in [1.807, 2.05) is 0 Å². The summed E-state index contributed by atoms with van der Waals surface area (Å²) in [6.07, 6.45) is 7.79. The average molecular weight is 182 g/mol. The summed E-state index contributed by atoms with van der Waals surface area (Å²) in [6.45, 7) is 1.35. The summed E-state index contributed by atoms with van der Waals surface area (Å²) in [5.74, 6) is 0.148. The molecule has 0 atom stereocenters. The second kappa shape index (κ2) is 3.66. The lowest BCUT2D eigenvalue weighted by atomic mass is 9.88. The highest BCUT2D eigenvalue weighted by Gasteiger charge is 2.33. The van der Waals surface area contributed by atoms with Gasteiger partial charge in [-0.3, -0.25) is 4.79 Å². The third-order valence-electron chi connectivity index (χ3n) is 3.31. The van der Waals surface area contributed by atoms with E-state index in [4.69, 9.17) is 0 Å². The van der Waals surface area contributed by atoms with Gasteiger partial charge in [0, 0.05) is 12.1 Å². The van der Waals surface area contributed by atoms with Gasteiger partial charge in [-0.25, -0.2) is 0 Å². The first-order chi connectivity index (χ1) is 6.31. The minimum absolute atomic E-state index is 0.148. The molecule has 1 saturated heterocycles. The van der Waals surface area contributed by atoms with Gasteiger partial charge in [0.15, 0.2) is 0 Å². The molecule has 0 aromatic heterocycles. The smallest absolute Gasteiger partial charge is 0.234 e. The van der Waals surface area contributed by atoms with E-state index in [0.717, 1.165) is 6.54 Å². The number of carbonyl (C=O) groups is 1. The van der Waals surface area contributed by atoms with E-state index < -0.39 is 0 Å². The van der Waals surface area contributed by atoms with Crippen molar-refractivity contribution in [2.24, 2.45) is 0 Å². The molecule has 2 rings (SSSR count). The summed E-state index contributed by atoms with van der Waals surface area (Å²) < 4.78 is 0. The van der Waals surface area contributed by atoms with Gasteiger partial charge in [-0.2, -0.15) is 0 Å². The molecule has 0 aromatic carbocycles. The zero-order valence-corrected chi connectivity index (χ0v) is 8.07. The molecule has 0 unspecified atom stereocenters. The van der Waals surface area contributed by atoms with E-state index in [-0.39, 0.29) is 11.4 Å². The van der Waals surface area contributed by atoms with Crippen LogP contribution in [-0.2, 0) is 4.79 Å². The predicted molar refractivity (Wildman–Crippen MR) is 51.4 cm³/mol. The molecule has 1 heterocycles. The third-order valence-corrected chi connectivity index (χ3v) is 3.31. The van der Waals surface area contributed by atoms with Crippen LogP contribution < -0.4 is 10.6 Å². The zero-order valence-electron chi connectivity index (χ0n) is 8.07. The molecule has 3 nitrogen and oxygen atoms in total. The van der Waals surface area contributed by atoms with E-state index >= 15 is 0 Å². The lowest BCUT2D eigenvalue weighted by Crippen LogP contribution is -2.61. The number of hydrogen-bond acceptors (Lipinski definition) is 2. The minimum Gasteiger partial charge on any atom is -0.353 e. The SMILES string of the molecule is O=C1CNC2(CCCCCC2)CN1. The highest BCUT2D eigenvalue weighted by Crippen LogP contribution is 2.27. The monoisotopic (exact) mass is 182 g/mol. The molecule has 13 heavy (non-hydrogen) atoms. The Balaban J connectivity index is 1.97. The molecular weight excluding hydrogens is 164 g/mol. The first-order valence-electron chi connectivity index (χ1n) is 5.33. The second-order valence-electron chi connectivity index (χ2n) is 4.32. The van der Waals surface area contributed by atoms with Gasteiger partial charge in [0.2, 0.25) is 5.91 Å². The van der Waals surface area contributed by atoms with Gasteiger partial charge in [0.25, 0.3) is 0 Å². The molecule has 1 spiro atoms. The number of carbonyl (C=O) groups excluding carboxylic acids is 1. The lowest BCUT2D eigenvalue weighted by molar-refractivity contribution is -0.122. The standard InChI is InChI=1S/C10H18N2O/c13-9-7-12-10(8-11-9)5-3-1-2-4-6-10/h12H,1-8H2,(H,11,13). The Morgan fingerprint density at radius 1 is 1.08 bits per heavy atom. The minimum atomic E-state index is 0.148. The summed E-state index contributed by atoms with van der Waals surface area (Å²) in [7, 11) is 0. The van der Waals surface area contributed by atoms with Crippen LogP contribution in [-0.4, -0.2) is 24.5 Å². The molecule has 2 fully saturated rings. The Morgan fingerprint density at radius 3 is 2.31 bits per heavy atom. The van der Waals surface area contributed by atoms with Crippen LogP contribution in [0, 0.1) is 0 Å². The van der Waals surface area contributed by atoms with Crippen molar-refractivity contribution >= 4 is 5.91 Å². The molecule has 1 amide bonds. The van der Waals surface area contributed by atoms with Gasteiger partial charge in [-0.05, 0) is 12.8 Å². The Labute approximate surface area is 79.3 Å². The fourth-order valence-electron chi connectivity index (χ4n) is 2.42. The van der Waals surface area contributed by atoms with Crippen molar-refractivity contribution in [3.63, 3.8) is 0 Å². The van der Waals surface area contributed by atoms with Crippen LogP contribution in [0.3, 0.4) is 0 Å².